The normalized spacial score (nSPS) is 12.5. The van der Waals surface area contributed by atoms with Crippen molar-refractivity contribution in [3.63, 3.8) is 0 Å². The average Bonchev–Trinajstić information content (AvgIpc) is 2.71. The molecule has 0 saturated carbocycles. The zero-order chi connectivity index (χ0) is 21.1. The second-order valence-electron chi connectivity index (χ2n) is 6.45. The number of aliphatic hydroxyl groups is 1. The number of hydrogen-bond donors (Lipinski definition) is 1. The van der Waals surface area contributed by atoms with E-state index in [1.165, 1.54) is 12.1 Å². The third-order valence-electron chi connectivity index (χ3n) is 3.80. The second kappa shape index (κ2) is 11.8. The largest absolute Gasteiger partial charge is 0.491 e. The second-order valence-corrected chi connectivity index (χ2v) is 8.07. The molecule has 1 N–H and O–H groups in total. The van der Waals surface area contributed by atoms with Crippen molar-refractivity contribution in [1.82, 2.24) is 0 Å². The molecular weight excluding hydrogens is 396 g/mol. The Morgan fingerprint density at radius 2 is 1.62 bits per heavy atom. The van der Waals surface area contributed by atoms with E-state index < -0.39 is 22.8 Å². The SMILES string of the molecule is CCCOCCOc1ccc(OCC(O)COS(=O)(=O)c2cccc(C)c2)cc1. The Morgan fingerprint density at radius 1 is 0.931 bits per heavy atom. The van der Waals surface area contributed by atoms with Crippen LogP contribution < -0.4 is 9.47 Å². The molecule has 0 fully saturated rings. The van der Waals surface area contributed by atoms with Crippen molar-refractivity contribution in [3.05, 3.63) is 54.1 Å². The topological polar surface area (TPSA) is 91.3 Å². The lowest BCUT2D eigenvalue weighted by Crippen LogP contribution is -2.25. The predicted molar refractivity (Wildman–Crippen MR) is 109 cm³/mol. The van der Waals surface area contributed by atoms with Crippen LogP contribution in [0.3, 0.4) is 0 Å². The molecule has 2 rings (SSSR count). The van der Waals surface area contributed by atoms with Gasteiger partial charge in [0.1, 0.15) is 30.8 Å². The van der Waals surface area contributed by atoms with Gasteiger partial charge in [0.15, 0.2) is 0 Å². The maximum absolute atomic E-state index is 12.1. The van der Waals surface area contributed by atoms with Crippen LogP contribution >= 0.6 is 0 Å². The van der Waals surface area contributed by atoms with Crippen LogP contribution in [0.1, 0.15) is 18.9 Å². The summed E-state index contributed by atoms with van der Waals surface area (Å²) in [6, 6.07) is 13.3. The standard InChI is InChI=1S/C21H28O7S/c1-3-11-25-12-13-26-19-7-9-20(10-8-19)27-15-18(22)16-28-29(23,24)21-6-4-5-17(2)14-21/h4-10,14,18,22H,3,11-13,15-16H2,1-2H3. The molecule has 2 aromatic rings. The Balaban J connectivity index is 1.72. The highest BCUT2D eigenvalue weighted by Gasteiger charge is 2.18. The van der Waals surface area contributed by atoms with Gasteiger partial charge in [-0.15, -0.1) is 0 Å². The molecule has 0 aliphatic carbocycles. The highest BCUT2D eigenvalue weighted by molar-refractivity contribution is 7.86. The van der Waals surface area contributed by atoms with Crippen LogP contribution in [0, 0.1) is 6.92 Å². The van der Waals surface area contributed by atoms with Gasteiger partial charge in [0, 0.05) is 6.61 Å². The van der Waals surface area contributed by atoms with E-state index in [-0.39, 0.29) is 11.5 Å². The molecule has 1 atom stereocenters. The van der Waals surface area contributed by atoms with E-state index in [2.05, 4.69) is 0 Å². The summed E-state index contributed by atoms with van der Waals surface area (Å²) in [6.45, 7) is 5.05. The first-order chi connectivity index (χ1) is 13.9. The van der Waals surface area contributed by atoms with Gasteiger partial charge in [-0.05, 0) is 55.3 Å². The lowest BCUT2D eigenvalue weighted by molar-refractivity contribution is 0.0648. The maximum Gasteiger partial charge on any atom is 0.297 e. The summed E-state index contributed by atoms with van der Waals surface area (Å²) in [5.41, 5.74) is 0.805. The fourth-order valence-corrected chi connectivity index (χ4v) is 3.39. The van der Waals surface area contributed by atoms with Gasteiger partial charge < -0.3 is 19.3 Å². The summed E-state index contributed by atoms with van der Waals surface area (Å²) in [6.07, 6.45) is -0.123. The van der Waals surface area contributed by atoms with Gasteiger partial charge in [0.2, 0.25) is 0 Å². The number of aryl methyl sites for hydroxylation is 1. The highest BCUT2D eigenvalue weighted by Crippen LogP contribution is 2.18. The zero-order valence-electron chi connectivity index (χ0n) is 16.7. The molecule has 8 heteroatoms. The summed E-state index contributed by atoms with van der Waals surface area (Å²) in [4.78, 5) is 0.0568. The molecule has 0 heterocycles. The third kappa shape index (κ3) is 8.41. The summed E-state index contributed by atoms with van der Waals surface area (Å²) in [5, 5.41) is 9.96. The monoisotopic (exact) mass is 424 g/mol. The van der Waals surface area contributed by atoms with Gasteiger partial charge in [-0.3, -0.25) is 4.18 Å². The van der Waals surface area contributed by atoms with E-state index in [0.29, 0.717) is 31.3 Å². The maximum atomic E-state index is 12.1. The highest BCUT2D eigenvalue weighted by atomic mass is 32.2. The minimum absolute atomic E-state index is 0.0568. The van der Waals surface area contributed by atoms with E-state index in [9.17, 15) is 13.5 Å². The number of aliphatic hydroxyl groups excluding tert-OH is 1. The van der Waals surface area contributed by atoms with Gasteiger partial charge in [0.05, 0.1) is 18.1 Å². The van der Waals surface area contributed by atoms with Crippen molar-refractivity contribution in [2.75, 3.05) is 33.0 Å². The summed E-state index contributed by atoms with van der Waals surface area (Å²) in [7, 11) is -3.92. The van der Waals surface area contributed by atoms with Gasteiger partial charge >= 0.3 is 0 Å². The third-order valence-corrected chi connectivity index (χ3v) is 5.08. The Labute approximate surface area is 172 Å². The van der Waals surface area contributed by atoms with E-state index in [1.54, 1.807) is 43.3 Å². The lowest BCUT2D eigenvalue weighted by atomic mass is 10.2. The number of benzene rings is 2. The number of rotatable bonds is 13. The Kier molecular flexibility index (Phi) is 9.40. The predicted octanol–water partition coefficient (Wildman–Crippen LogP) is 2.95. The minimum Gasteiger partial charge on any atom is -0.491 e. The first kappa shape index (κ1) is 23.2. The molecule has 0 spiro atoms. The molecule has 0 radical (unpaired) electrons. The number of hydrogen-bond acceptors (Lipinski definition) is 7. The summed E-state index contributed by atoms with van der Waals surface area (Å²) < 4.78 is 45.6. The van der Waals surface area contributed by atoms with Crippen LogP contribution in [0.25, 0.3) is 0 Å². The van der Waals surface area contributed by atoms with Crippen molar-refractivity contribution in [1.29, 1.82) is 0 Å². The molecule has 1 unspecified atom stereocenters. The smallest absolute Gasteiger partial charge is 0.297 e. The molecule has 2 aromatic carbocycles. The fraction of sp³-hybridized carbons (Fsp3) is 0.429. The molecule has 0 aliphatic heterocycles. The van der Waals surface area contributed by atoms with Crippen LogP contribution in [0.5, 0.6) is 11.5 Å². The van der Waals surface area contributed by atoms with E-state index in [0.717, 1.165) is 12.0 Å². The molecule has 0 aromatic heterocycles. The van der Waals surface area contributed by atoms with Crippen molar-refractivity contribution < 1.29 is 31.9 Å². The molecule has 0 aliphatic rings. The van der Waals surface area contributed by atoms with Crippen LogP contribution in [0.4, 0.5) is 0 Å². The molecule has 0 saturated heterocycles. The Morgan fingerprint density at radius 3 is 2.28 bits per heavy atom. The fourth-order valence-electron chi connectivity index (χ4n) is 2.34. The molecule has 29 heavy (non-hydrogen) atoms. The van der Waals surface area contributed by atoms with Crippen LogP contribution in [0.15, 0.2) is 53.4 Å². The summed E-state index contributed by atoms with van der Waals surface area (Å²) >= 11 is 0. The molecular formula is C21H28O7S. The van der Waals surface area contributed by atoms with Crippen LogP contribution in [0.2, 0.25) is 0 Å². The van der Waals surface area contributed by atoms with E-state index in [1.807, 2.05) is 6.92 Å². The lowest BCUT2D eigenvalue weighted by Gasteiger charge is -2.13. The first-order valence-electron chi connectivity index (χ1n) is 9.48. The van der Waals surface area contributed by atoms with E-state index >= 15 is 0 Å². The average molecular weight is 425 g/mol. The van der Waals surface area contributed by atoms with Crippen molar-refractivity contribution in [2.24, 2.45) is 0 Å². The molecule has 0 amide bonds. The van der Waals surface area contributed by atoms with Gasteiger partial charge in [-0.2, -0.15) is 8.42 Å². The minimum atomic E-state index is -3.92. The van der Waals surface area contributed by atoms with Crippen molar-refractivity contribution >= 4 is 10.1 Å². The van der Waals surface area contributed by atoms with E-state index in [4.69, 9.17) is 18.4 Å². The molecule has 0 bridgehead atoms. The van der Waals surface area contributed by atoms with Crippen LogP contribution in [-0.4, -0.2) is 52.7 Å². The van der Waals surface area contributed by atoms with Gasteiger partial charge in [0.25, 0.3) is 10.1 Å². The quantitative estimate of drug-likeness (QED) is 0.390. The van der Waals surface area contributed by atoms with Crippen LogP contribution in [-0.2, 0) is 19.0 Å². The van der Waals surface area contributed by atoms with Gasteiger partial charge in [-0.25, -0.2) is 0 Å². The van der Waals surface area contributed by atoms with Crippen molar-refractivity contribution in [3.8, 4) is 11.5 Å². The zero-order valence-corrected chi connectivity index (χ0v) is 17.6. The number of ether oxygens (including phenoxy) is 3. The summed E-state index contributed by atoms with van der Waals surface area (Å²) in [5.74, 6) is 1.21. The van der Waals surface area contributed by atoms with Crippen molar-refractivity contribution in [2.45, 2.75) is 31.3 Å². The molecule has 7 nitrogen and oxygen atoms in total. The first-order valence-corrected chi connectivity index (χ1v) is 10.9. The van der Waals surface area contributed by atoms with Gasteiger partial charge in [-0.1, -0.05) is 19.1 Å². The Bertz CT molecular complexity index is 834. The Hall–Kier alpha value is -2.13. The molecule has 160 valence electrons.